The van der Waals surface area contributed by atoms with E-state index in [9.17, 15) is 4.79 Å². The van der Waals surface area contributed by atoms with Gasteiger partial charge in [0.25, 0.3) is 5.91 Å². The molecule has 0 spiro atoms. The molecule has 1 aromatic carbocycles. The fourth-order valence-corrected chi connectivity index (χ4v) is 4.01. The number of carbonyl (C=O) groups is 1. The fraction of sp³-hybridized carbons (Fsp3) is 0.294. The second kappa shape index (κ2) is 5.25. The third-order valence-electron chi connectivity index (χ3n) is 4.22. The Kier molecular flexibility index (Phi) is 3.22. The fourth-order valence-electron chi connectivity index (χ4n) is 3.01. The lowest BCUT2D eigenvalue weighted by molar-refractivity contribution is 0.0797. The Bertz CT molecular complexity index is 843. The Labute approximate surface area is 133 Å². The van der Waals surface area contributed by atoms with Crippen LogP contribution in [-0.2, 0) is 7.05 Å². The van der Waals surface area contributed by atoms with Crippen LogP contribution in [0.4, 0.5) is 0 Å². The van der Waals surface area contributed by atoms with Crippen molar-refractivity contribution in [2.24, 2.45) is 7.05 Å². The third kappa shape index (κ3) is 2.13. The molecule has 0 aliphatic carbocycles. The highest BCUT2D eigenvalue weighted by Gasteiger charge is 2.22. The summed E-state index contributed by atoms with van der Waals surface area (Å²) >= 11 is 1.54. The van der Waals surface area contributed by atoms with Crippen LogP contribution in [-0.4, -0.2) is 33.4 Å². The summed E-state index contributed by atoms with van der Waals surface area (Å²) in [6.07, 6.45) is 2.24. The molecule has 0 bridgehead atoms. The summed E-state index contributed by atoms with van der Waals surface area (Å²) in [5.41, 5.74) is 2.10. The van der Waals surface area contributed by atoms with Gasteiger partial charge >= 0.3 is 0 Å². The van der Waals surface area contributed by atoms with Gasteiger partial charge in [0.15, 0.2) is 5.82 Å². The van der Waals surface area contributed by atoms with Crippen molar-refractivity contribution in [3.8, 4) is 10.7 Å². The second-order valence-electron chi connectivity index (χ2n) is 5.65. The maximum absolute atomic E-state index is 12.5. The number of imidazole rings is 1. The molecule has 0 N–H and O–H groups in total. The van der Waals surface area contributed by atoms with Gasteiger partial charge in [-0.25, -0.2) is 4.98 Å². The van der Waals surface area contributed by atoms with Crippen molar-refractivity contribution in [2.45, 2.75) is 12.8 Å². The summed E-state index contributed by atoms with van der Waals surface area (Å²) in [6.45, 7) is 1.77. The Morgan fingerprint density at radius 3 is 2.68 bits per heavy atom. The lowest BCUT2D eigenvalue weighted by Gasteiger charge is -2.13. The van der Waals surface area contributed by atoms with Crippen LogP contribution < -0.4 is 0 Å². The minimum atomic E-state index is 0.160. The zero-order valence-corrected chi connectivity index (χ0v) is 13.3. The van der Waals surface area contributed by atoms with E-state index >= 15 is 0 Å². The SMILES string of the molecule is Cn1c(-c2ccc(C(=O)N3CCCC3)s2)nc2ccccc21. The smallest absolute Gasteiger partial charge is 0.263 e. The van der Waals surface area contributed by atoms with Crippen molar-refractivity contribution in [2.75, 3.05) is 13.1 Å². The third-order valence-corrected chi connectivity index (χ3v) is 5.29. The van der Waals surface area contributed by atoms with Gasteiger partial charge in [-0.1, -0.05) is 12.1 Å². The van der Waals surface area contributed by atoms with Crippen molar-refractivity contribution in [3.63, 3.8) is 0 Å². The molecule has 0 unspecified atom stereocenters. The normalized spacial score (nSPS) is 14.9. The number of amides is 1. The molecule has 1 fully saturated rings. The molecule has 22 heavy (non-hydrogen) atoms. The highest BCUT2D eigenvalue weighted by atomic mass is 32.1. The van der Waals surface area contributed by atoms with Crippen LogP contribution in [0.5, 0.6) is 0 Å². The largest absolute Gasteiger partial charge is 0.338 e. The summed E-state index contributed by atoms with van der Waals surface area (Å²) in [5.74, 6) is 1.08. The number of fused-ring (bicyclic) bond motifs is 1. The number of para-hydroxylation sites is 2. The molecule has 4 rings (SSSR count). The molecule has 1 saturated heterocycles. The summed E-state index contributed by atoms with van der Waals surface area (Å²) < 4.78 is 2.09. The Morgan fingerprint density at radius 2 is 1.91 bits per heavy atom. The molecule has 4 nitrogen and oxygen atoms in total. The number of carbonyl (C=O) groups excluding carboxylic acids is 1. The maximum atomic E-state index is 12.5. The molecule has 0 radical (unpaired) electrons. The number of nitrogens with zero attached hydrogens (tertiary/aromatic N) is 3. The van der Waals surface area contributed by atoms with E-state index in [1.54, 1.807) is 0 Å². The van der Waals surface area contributed by atoms with Gasteiger partial charge in [0.1, 0.15) is 0 Å². The highest BCUT2D eigenvalue weighted by Crippen LogP contribution is 2.30. The minimum Gasteiger partial charge on any atom is -0.338 e. The van der Waals surface area contributed by atoms with E-state index in [1.807, 2.05) is 42.3 Å². The highest BCUT2D eigenvalue weighted by molar-refractivity contribution is 7.17. The molecule has 0 saturated carbocycles. The van der Waals surface area contributed by atoms with Crippen LogP contribution in [0.2, 0.25) is 0 Å². The summed E-state index contributed by atoms with van der Waals surface area (Å²) in [7, 11) is 2.02. The Hall–Kier alpha value is -2.14. The number of benzene rings is 1. The van der Waals surface area contributed by atoms with Gasteiger partial charge in [0.05, 0.1) is 20.8 Å². The first-order valence-electron chi connectivity index (χ1n) is 7.55. The zero-order chi connectivity index (χ0) is 15.1. The van der Waals surface area contributed by atoms with E-state index in [0.717, 1.165) is 52.5 Å². The summed E-state index contributed by atoms with van der Waals surface area (Å²) in [5, 5.41) is 0. The molecule has 1 aliphatic rings. The van der Waals surface area contributed by atoms with E-state index in [4.69, 9.17) is 4.98 Å². The standard InChI is InChI=1S/C17H17N3OS/c1-19-13-7-3-2-6-12(13)18-16(19)14-8-9-15(22-14)17(21)20-10-4-5-11-20/h2-3,6-9H,4-5,10-11H2,1H3. The predicted octanol–water partition coefficient (Wildman–Crippen LogP) is 3.54. The summed E-state index contributed by atoms with van der Waals surface area (Å²) in [6, 6.07) is 12.0. The molecule has 1 aliphatic heterocycles. The van der Waals surface area contributed by atoms with Crippen molar-refractivity contribution in [1.29, 1.82) is 0 Å². The van der Waals surface area contributed by atoms with Crippen LogP contribution in [0.15, 0.2) is 36.4 Å². The van der Waals surface area contributed by atoms with E-state index in [2.05, 4.69) is 10.6 Å². The number of hydrogen-bond acceptors (Lipinski definition) is 3. The molecule has 3 heterocycles. The molecular formula is C17H17N3OS. The van der Waals surface area contributed by atoms with E-state index in [0.29, 0.717) is 0 Å². The van der Waals surface area contributed by atoms with Gasteiger partial charge in [-0.15, -0.1) is 11.3 Å². The Morgan fingerprint density at radius 1 is 1.14 bits per heavy atom. The van der Waals surface area contributed by atoms with Gasteiger partial charge in [-0.3, -0.25) is 4.79 Å². The first kappa shape index (κ1) is 13.5. The average molecular weight is 311 g/mol. The number of rotatable bonds is 2. The van der Waals surface area contributed by atoms with Crippen LogP contribution in [0.25, 0.3) is 21.7 Å². The van der Waals surface area contributed by atoms with Crippen molar-refractivity contribution >= 4 is 28.3 Å². The van der Waals surface area contributed by atoms with Gasteiger partial charge in [-0.2, -0.15) is 0 Å². The minimum absolute atomic E-state index is 0.160. The molecule has 5 heteroatoms. The number of aromatic nitrogens is 2. The summed E-state index contributed by atoms with van der Waals surface area (Å²) in [4.78, 5) is 21.0. The van der Waals surface area contributed by atoms with Crippen LogP contribution >= 0.6 is 11.3 Å². The van der Waals surface area contributed by atoms with Gasteiger partial charge in [0.2, 0.25) is 0 Å². The first-order valence-corrected chi connectivity index (χ1v) is 8.36. The number of likely N-dealkylation sites (tertiary alicyclic amines) is 1. The molecular weight excluding hydrogens is 294 g/mol. The average Bonchev–Trinajstić information content (AvgIpc) is 3.27. The molecule has 1 amide bonds. The van der Waals surface area contributed by atoms with Crippen molar-refractivity contribution in [1.82, 2.24) is 14.5 Å². The van der Waals surface area contributed by atoms with E-state index < -0.39 is 0 Å². The van der Waals surface area contributed by atoms with Crippen molar-refractivity contribution in [3.05, 3.63) is 41.3 Å². The lowest BCUT2D eigenvalue weighted by atomic mass is 10.3. The van der Waals surface area contributed by atoms with Gasteiger partial charge in [-0.05, 0) is 37.1 Å². The number of aryl methyl sites for hydroxylation is 1. The van der Waals surface area contributed by atoms with Crippen LogP contribution in [0, 0.1) is 0 Å². The predicted molar refractivity (Wildman–Crippen MR) is 89.2 cm³/mol. The quantitative estimate of drug-likeness (QED) is 0.726. The molecule has 3 aromatic rings. The monoisotopic (exact) mass is 311 g/mol. The van der Waals surface area contributed by atoms with Gasteiger partial charge < -0.3 is 9.47 Å². The second-order valence-corrected chi connectivity index (χ2v) is 6.73. The van der Waals surface area contributed by atoms with Crippen LogP contribution in [0.1, 0.15) is 22.5 Å². The van der Waals surface area contributed by atoms with Crippen molar-refractivity contribution < 1.29 is 4.79 Å². The maximum Gasteiger partial charge on any atom is 0.263 e. The lowest BCUT2D eigenvalue weighted by Crippen LogP contribution is -2.26. The molecule has 2 aromatic heterocycles. The topological polar surface area (TPSA) is 38.1 Å². The zero-order valence-electron chi connectivity index (χ0n) is 12.5. The molecule has 0 atom stereocenters. The number of hydrogen-bond donors (Lipinski definition) is 0. The first-order chi connectivity index (χ1) is 10.7. The van der Waals surface area contributed by atoms with E-state index in [-0.39, 0.29) is 5.91 Å². The molecule has 112 valence electrons. The van der Waals surface area contributed by atoms with Crippen LogP contribution in [0.3, 0.4) is 0 Å². The van der Waals surface area contributed by atoms with Gasteiger partial charge in [0, 0.05) is 20.1 Å². The Balaban J connectivity index is 1.70. The number of thiophene rings is 1. The van der Waals surface area contributed by atoms with E-state index in [1.165, 1.54) is 11.3 Å².